The maximum atomic E-state index is 13.6. The molecule has 0 saturated heterocycles. The van der Waals surface area contributed by atoms with Crippen LogP contribution in [-0.4, -0.2) is 129 Å². The van der Waals surface area contributed by atoms with E-state index in [2.05, 4.69) is 46.9 Å². The third kappa shape index (κ3) is 18.2. The fourth-order valence-corrected chi connectivity index (χ4v) is 4.69. The number of nitrogens with two attached hydrogens (primary N) is 4. The van der Waals surface area contributed by atoms with Crippen molar-refractivity contribution in [3.05, 3.63) is 18.2 Å². The Morgan fingerprint density at radius 2 is 1.35 bits per heavy atom. The van der Waals surface area contributed by atoms with Gasteiger partial charge in [0.15, 0.2) is 5.96 Å². The second-order valence-electron chi connectivity index (χ2n) is 12.3. The van der Waals surface area contributed by atoms with Crippen molar-refractivity contribution in [1.82, 2.24) is 41.9 Å². The average molecular weight is 768 g/mol. The number of aromatic nitrogens is 2. The second kappa shape index (κ2) is 23.3. The molecule has 7 amide bonds. The molecule has 0 aromatic carbocycles. The summed E-state index contributed by atoms with van der Waals surface area (Å²) >= 11 is 0. The van der Waals surface area contributed by atoms with Gasteiger partial charge in [0.05, 0.1) is 32.3 Å². The quantitative estimate of drug-likeness (QED) is 0.0250. The predicted molar refractivity (Wildman–Crippen MR) is 187 cm³/mol. The van der Waals surface area contributed by atoms with Crippen LogP contribution in [0.2, 0.25) is 0 Å². The number of amides is 7. The number of carbonyl (C=O) groups excluding carboxylic acids is 7. The average Bonchev–Trinajstić information content (AvgIpc) is 3.59. The van der Waals surface area contributed by atoms with Gasteiger partial charge < -0.3 is 70.0 Å². The van der Waals surface area contributed by atoms with Crippen molar-refractivity contribution >= 4 is 59.2 Å². The number of aromatic amines is 1. The molecule has 0 fully saturated rings. The molecule has 5 unspecified atom stereocenters. The molecule has 0 saturated carbocycles. The van der Waals surface area contributed by atoms with Crippen LogP contribution in [0.5, 0.6) is 0 Å². The van der Waals surface area contributed by atoms with Crippen molar-refractivity contribution in [2.45, 2.75) is 82.6 Å². The summed E-state index contributed by atoms with van der Waals surface area (Å²) in [6.45, 7) is 2.19. The normalized spacial score (nSPS) is 13.5. The summed E-state index contributed by atoms with van der Waals surface area (Å²) in [5.41, 5.74) is 21.4. The largest absolute Gasteiger partial charge is 0.481 e. The Morgan fingerprint density at radius 1 is 0.778 bits per heavy atom. The van der Waals surface area contributed by atoms with Crippen molar-refractivity contribution in [1.29, 1.82) is 0 Å². The van der Waals surface area contributed by atoms with Gasteiger partial charge in [-0.1, -0.05) is 13.8 Å². The zero-order valence-electron chi connectivity index (χ0n) is 29.8. The Bertz CT molecular complexity index is 1510. The van der Waals surface area contributed by atoms with Gasteiger partial charge in [-0.15, -0.1) is 0 Å². The minimum absolute atomic E-state index is 0.00605. The maximum Gasteiger partial charge on any atom is 0.326 e. The third-order valence-corrected chi connectivity index (χ3v) is 7.21. The van der Waals surface area contributed by atoms with E-state index in [0.29, 0.717) is 5.69 Å². The number of nitrogens with one attached hydrogen (secondary N) is 7. The summed E-state index contributed by atoms with van der Waals surface area (Å²) in [7, 11) is 0. The number of hydrogen-bond donors (Lipinski definition) is 13. The van der Waals surface area contributed by atoms with Crippen molar-refractivity contribution < 1.29 is 53.4 Å². The first kappa shape index (κ1) is 45.7. The van der Waals surface area contributed by atoms with E-state index in [9.17, 15) is 53.4 Å². The van der Waals surface area contributed by atoms with Gasteiger partial charge in [0.1, 0.15) is 30.2 Å². The van der Waals surface area contributed by atoms with Crippen molar-refractivity contribution in [3.8, 4) is 0 Å². The Morgan fingerprint density at radius 3 is 1.89 bits per heavy atom. The molecule has 0 bridgehead atoms. The number of aliphatic carboxylic acids is 2. The number of hydrogen-bond acceptors (Lipinski definition) is 12. The highest BCUT2D eigenvalue weighted by Gasteiger charge is 2.33. The molecule has 300 valence electrons. The number of primary amides is 1. The molecule has 1 aromatic rings. The van der Waals surface area contributed by atoms with Gasteiger partial charge in [-0.3, -0.25) is 43.3 Å². The van der Waals surface area contributed by atoms with Crippen LogP contribution in [0.4, 0.5) is 0 Å². The third-order valence-electron chi connectivity index (χ3n) is 7.21. The van der Waals surface area contributed by atoms with Gasteiger partial charge >= 0.3 is 11.9 Å². The maximum absolute atomic E-state index is 13.6. The fraction of sp³-hybridized carbons (Fsp3) is 0.567. The standard InChI is InChI=1S/C30H49N13O11/c1-14(2)6-20(29(53)54)43-28(52)19(9-24(47)48)42-27(51)17(7-15-11-35-13-38-15)41-26(50)16(4-3-5-36-30(33)34)39-23(46)12-37-25(49)18(8-21(32)44)40-22(45)10-31/h11,13-14,16-20H,3-10,12,31H2,1-2H3,(H2,32,44)(H,35,38)(H,37,49)(H,39,46)(H,40,45)(H,41,50)(H,42,51)(H,43,52)(H,47,48)(H,53,54)(H4,33,34,36). The first-order valence-electron chi connectivity index (χ1n) is 16.6. The highest BCUT2D eigenvalue weighted by molar-refractivity contribution is 5.97. The number of nitrogens with zero attached hydrogens (tertiary/aromatic N) is 2. The van der Waals surface area contributed by atoms with Crippen LogP contribution in [0.3, 0.4) is 0 Å². The molecule has 24 heteroatoms. The molecule has 24 nitrogen and oxygen atoms in total. The molecule has 0 aliphatic carbocycles. The number of carboxylic acids is 2. The molecule has 0 radical (unpaired) electrons. The number of carboxylic acid groups (broad SMARTS) is 2. The predicted octanol–water partition coefficient (Wildman–Crippen LogP) is -6.01. The smallest absolute Gasteiger partial charge is 0.326 e. The molecule has 54 heavy (non-hydrogen) atoms. The fourth-order valence-electron chi connectivity index (χ4n) is 4.69. The van der Waals surface area contributed by atoms with Gasteiger partial charge in [-0.05, 0) is 25.2 Å². The second-order valence-corrected chi connectivity index (χ2v) is 12.3. The lowest BCUT2D eigenvalue weighted by molar-refractivity contribution is -0.144. The molecular weight excluding hydrogens is 718 g/mol. The monoisotopic (exact) mass is 767 g/mol. The van der Waals surface area contributed by atoms with Crippen LogP contribution < -0.4 is 54.8 Å². The van der Waals surface area contributed by atoms with Gasteiger partial charge in [0.25, 0.3) is 0 Å². The van der Waals surface area contributed by atoms with Crippen LogP contribution in [0, 0.1) is 5.92 Å². The summed E-state index contributed by atoms with van der Waals surface area (Å²) in [5.74, 6) is -9.98. The van der Waals surface area contributed by atoms with Gasteiger partial charge in [-0.2, -0.15) is 0 Å². The highest BCUT2D eigenvalue weighted by atomic mass is 16.4. The van der Waals surface area contributed by atoms with Crippen molar-refractivity contribution in [2.75, 3.05) is 19.6 Å². The van der Waals surface area contributed by atoms with Crippen LogP contribution in [0.25, 0.3) is 0 Å². The van der Waals surface area contributed by atoms with Crippen LogP contribution >= 0.6 is 0 Å². The molecule has 0 spiro atoms. The van der Waals surface area contributed by atoms with E-state index < -0.39 is 109 Å². The summed E-state index contributed by atoms with van der Waals surface area (Å²) in [6, 6.07) is -7.53. The minimum Gasteiger partial charge on any atom is -0.481 e. The Kier molecular flexibility index (Phi) is 19.7. The molecule has 5 atom stereocenters. The minimum atomic E-state index is -1.77. The van der Waals surface area contributed by atoms with Crippen molar-refractivity contribution in [2.24, 2.45) is 33.8 Å². The van der Waals surface area contributed by atoms with Gasteiger partial charge in [-0.25, -0.2) is 9.78 Å². The summed E-state index contributed by atoms with van der Waals surface area (Å²) in [5, 5.41) is 32.7. The van der Waals surface area contributed by atoms with Crippen LogP contribution in [-0.2, 0) is 49.6 Å². The Balaban J connectivity index is 3.27. The topological polar surface area (TPSA) is 411 Å². The highest BCUT2D eigenvalue weighted by Crippen LogP contribution is 2.08. The zero-order chi connectivity index (χ0) is 41.0. The lowest BCUT2D eigenvalue weighted by Crippen LogP contribution is -2.59. The summed E-state index contributed by atoms with van der Waals surface area (Å²) in [6.07, 6.45) is 0.794. The van der Waals surface area contributed by atoms with Crippen molar-refractivity contribution in [3.63, 3.8) is 0 Å². The number of aliphatic imine (C=N–C) groups is 1. The number of imidazole rings is 1. The van der Waals surface area contributed by atoms with E-state index >= 15 is 0 Å². The summed E-state index contributed by atoms with van der Waals surface area (Å²) < 4.78 is 0. The van der Waals surface area contributed by atoms with E-state index in [1.54, 1.807) is 13.8 Å². The first-order chi connectivity index (χ1) is 25.3. The van der Waals surface area contributed by atoms with E-state index in [-0.39, 0.29) is 44.1 Å². The Hall–Kier alpha value is -6.33. The summed E-state index contributed by atoms with van der Waals surface area (Å²) in [4.78, 5) is 123. The van der Waals surface area contributed by atoms with Crippen LogP contribution in [0.15, 0.2) is 17.5 Å². The molecule has 17 N–H and O–H groups in total. The number of rotatable bonds is 25. The van der Waals surface area contributed by atoms with Gasteiger partial charge in [0, 0.05) is 24.9 Å². The lowest BCUT2D eigenvalue weighted by Gasteiger charge is -2.26. The number of guanidine groups is 1. The Labute approximate surface area is 308 Å². The number of carbonyl (C=O) groups is 9. The SMILES string of the molecule is CC(C)CC(NC(=O)C(CC(=O)O)NC(=O)C(Cc1cnc[nH]1)NC(=O)C(CCCN=C(N)N)NC(=O)CNC(=O)C(CC(N)=O)NC(=O)CN)C(=O)O. The van der Waals surface area contributed by atoms with E-state index in [0.717, 1.165) is 0 Å². The molecule has 1 heterocycles. The molecule has 0 aliphatic rings. The van der Waals surface area contributed by atoms with Gasteiger partial charge in [0.2, 0.25) is 41.4 Å². The zero-order valence-corrected chi connectivity index (χ0v) is 29.8. The first-order valence-corrected chi connectivity index (χ1v) is 16.6. The molecule has 0 aliphatic heterocycles. The lowest BCUT2D eigenvalue weighted by atomic mass is 10.0. The molecule has 1 rings (SSSR count). The van der Waals surface area contributed by atoms with E-state index in [1.165, 1.54) is 12.5 Å². The van der Waals surface area contributed by atoms with E-state index in [1.807, 2.05) is 0 Å². The van der Waals surface area contributed by atoms with Crippen LogP contribution in [0.1, 0.15) is 51.6 Å². The number of H-pyrrole nitrogens is 1. The molecular formula is C30H49N13O11. The van der Waals surface area contributed by atoms with E-state index in [4.69, 9.17) is 22.9 Å². The molecule has 1 aromatic heterocycles.